The molecule has 1 aromatic heterocycles. The average Bonchev–Trinajstić information content (AvgIpc) is 2.91. The van der Waals surface area contributed by atoms with Crippen LogP contribution in [0.25, 0.3) is 34.4 Å². The van der Waals surface area contributed by atoms with Crippen molar-refractivity contribution < 1.29 is 0 Å². The van der Waals surface area contributed by atoms with Gasteiger partial charge in [-0.3, -0.25) is 0 Å². The average molecular weight is 543 g/mol. The van der Waals surface area contributed by atoms with E-state index in [0.29, 0.717) is 0 Å². The quantitative estimate of drug-likeness (QED) is 0.251. The molecule has 37 heavy (non-hydrogen) atoms. The van der Waals surface area contributed by atoms with E-state index in [4.69, 9.17) is 39.8 Å². The first kappa shape index (κ1) is 24.5. The zero-order valence-corrected chi connectivity index (χ0v) is 22.7. The Balaban J connectivity index is 1.58. The molecule has 0 bridgehead atoms. The molecule has 2 aliphatic rings. The van der Waals surface area contributed by atoms with Gasteiger partial charge in [-0.25, -0.2) is 4.98 Å². The van der Waals surface area contributed by atoms with Gasteiger partial charge in [0.15, 0.2) is 0 Å². The molecule has 0 fully saturated rings. The summed E-state index contributed by atoms with van der Waals surface area (Å²) in [5.74, 6) is 0. The summed E-state index contributed by atoms with van der Waals surface area (Å²) in [5.41, 5.74) is 12.4. The monoisotopic (exact) mass is 541 g/mol. The zero-order chi connectivity index (χ0) is 25.4. The highest BCUT2D eigenvalue weighted by molar-refractivity contribution is 6.31. The number of hydrogen-bond acceptors (Lipinski definition) is 1. The van der Waals surface area contributed by atoms with Gasteiger partial charge < -0.3 is 0 Å². The summed E-state index contributed by atoms with van der Waals surface area (Å²) in [6.45, 7) is 0. The van der Waals surface area contributed by atoms with E-state index < -0.39 is 0 Å². The van der Waals surface area contributed by atoms with Gasteiger partial charge in [0.05, 0.1) is 11.4 Å². The van der Waals surface area contributed by atoms with Gasteiger partial charge in [0, 0.05) is 15.1 Å². The molecule has 6 rings (SSSR count). The lowest BCUT2D eigenvalue weighted by Gasteiger charge is -2.29. The van der Waals surface area contributed by atoms with Crippen molar-refractivity contribution in [2.45, 2.75) is 38.5 Å². The molecule has 0 unspecified atom stereocenters. The lowest BCUT2D eigenvalue weighted by molar-refractivity contribution is 0.778. The van der Waals surface area contributed by atoms with Gasteiger partial charge in [0.1, 0.15) is 0 Å². The van der Waals surface area contributed by atoms with Crippen LogP contribution in [0.5, 0.6) is 0 Å². The molecule has 4 aromatic rings. The van der Waals surface area contributed by atoms with Gasteiger partial charge in [-0.15, -0.1) is 0 Å². The molecule has 0 amide bonds. The summed E-state index contributed by atoms with van der Waals surface area (Å²) in [7, 11) is 0. The molecule has 0 spiro atoms. The summed E-state index contributed by atoms with van der Waals surface area (Å²) in [4.78, 5) is 5.43. The minimum Gasteiger partial charge on any atom is -0.248 e. The van der Waals surface area contributed by atoms with Gasteiger partial charge in [0.2, 0.25) is 0 Å². The molecular formula is C33H26Cl3N. The number of hydrogen-bond donors (Lipinski definition) is 0. The van der Waals surface area contributed by atoms with E-state index in [2.05, 4.69) is 48.6 Å². The van der Waals surface area contributed by atoms with Crippen LogP contribution in [-0.4, -0.2) is 4.98 Å². The molecule has 0 N–H and O–H groups in total. The Bertz CT molecular complexity index is 1420. The number of fused-ring (bicyclic) bond motifs is 2. The van der Waals surface area contributed by atoms with Crippen molar-refractivity contribution in [2.75, 3.05) is 0 Å². The lowest BCUT2D eigenvalue weighted by atomic mass is 9.78. The van der Waals surface area contributed by atoms with Gasteiger partial charge in [-0.1, -0.05) is 71.2 Å². The molecule has 0 aliphatic heterocycles. The molecule has 1 nitrogen and oxygen atoms in total. The molecule has 4 heteroatoms. The summed E-state index contributed by atoms with van der Waals surface area (Å²) in [5, 5.41) is 2.26. The Labute approximate surface area is 233 Å². The smallest absolute Gasteiger partial charge is 0.0707 e. The topological polar surface area (TPSA) is 12.9 Å². The lowest BCUT2D eigenvalue weighted by Crippen LogP contribution is -2.15. The Hall–Kier alpha value is -2.84. The summed E-state index contributed by atoms with van der Waals surface area (Å²) in [6, 6.07) is 24.4. The number of aromatic nitrogens is 1. The van der Waals surface area contributed by atoms with Crippen LogP contribution in [0.4, 0.5) is 0 Å². The van der Waals surface area contributed by atoms with Gasteiger partial charge >= 0.3 is 0 Å². The largest absolute Gasteiger partial charge is 0.248 e. The second-order valence-electron chi connectivity index (χ2n) is 9.80. The number of rotatable bonds is 3. The highest BCUT2D eigenvalue weighted by Crippen LogP contribution is 2.44. The van der Waals surface area contributed by atoms with Gasteiger partial charge in [-0.2, -0.15) is 0 Å². The molecule has 0 atom stereocenters. The number of benzene rings is 3. The molecule has 1 heterocycles. The highest BCUT2D eigenvalue weighted by atomic mass is 35.5. The number of nitrogens with zero attached hydrogens (tertiary/aromatic N) is 1. The van der Waals surface area contributed by atoms with E-state index in [1.807, 2.05) is 36.4 Å². The van der Waals surface area contributed by atoms with Crippen LogP contribution in [0.3, 0.4) is 0 Å². The molecule has 0 radical (unpaired) electrons. The molecule has 0 saturated heterocycles. The predicted octanol–water partition coefficient (Wildman–Crippen LogP) is 10.5. The number of halogens is 3. The third-order valence-corrected chi connectivity index (χ3v) is 8.06. The Morgan fingerprint density at radius 2 is 0.919 bits per heavy atom. The van der Waals surface area contributed by atoms with Crippen LogP contribution < -0.4 is 0 Å². The second kappa shape index (κ2) is 10.5. The van der Waals surface area contributed by atoms with Gasteiger partial charge in [-0.05, 0) is 132 Å². The first-order valence-electron chi connectivity index (χ1n) is 12.8. The first-order valence-corrected chi connectivity index (χ1v) is 13.9. The third kappa shape index (κ3) is 5.14. The maximum absolute atomic E-state index is 6.29. The Kier molecular flexibility index (Phi) is 6.95. The van der Waals surface area contributed by atoms with Gasteiger partial charge in [0.25, 0.3) is 0 Å². The summed E-state index contributed by atoms with van der Waals surface area (Å²) < 4.78 is 0. The SMILES string of the molecule is Clc1ccc(/C=C2\CCCc3c2nc2c(c3-c3ccc(Cl)cc3)CCC/C2=C\c2ccc(Cl)cc2)cc1. The third-order valence-electron chi connectivity index (χ3n) is 7.31. The maximum Gasteiger partial charge on any atom is 0.0707 e. The van der Waals surface area contributed by atoms with Crippen LogP contribution >= 0.6 is 34.8 Å². The van der Waals surface area contributed by atoms with Crippen molar-refractivity contribution in [3.63, 3.8) is 0 Å². The van der Waals surface area contributed by atoms with Crippen molar-refractivity contribution >= 4 is 58.1 Å². The fraction of sp³-hybridized carbons (Fsp3) is 0.182. The molecule has 184 valence electrons. The first-order chi connectivity index (χ1) is 18.0. The Morgan fingerprint density at radius 3 is 1.35 bits per heavy atom. The Morgan fingerprint density at radius 1 is 0.514 bits per heavy atom. The van der Waals surface area contributed by atoms with Crippen molar-refractivity contribution in [1.29, 1.82) is 0 Å². The van der Waals surface area contributed by atoms with Crippen LogP contribution in [-0.2, 0) is 12.8 Å². The maximum atomic E-state index is 6.29. The van der Waals surface area contributed by atoms with E-state index >= 15 is 0 Å². The zero-order valence-electron chi connectivity index (χ0n) is 20.4. The fourth-order valence-corrected chi connectivity index (χ4v) is 5.98. The van der Waals surface area contributed by atoms with Crippen LogP contribution in [0.1, 0.15) is 59.3 Å². The van der Waals surface area contributed by atoms with Crippen molar-refractivity contribution in [1.82, 2.24) is 4.98 Å². The van der Waals surface area contributed by atoms with E-state index in [1.165, 1.54) is 33.4 Å². The number of allylic oxidation sites excluding steroid dienone is 2. The molecular weight excluding hydrogens is 517 g/mol. The van der Waals surface area contributed by atoms with E-state index in [1.54, 1.807) is 0 Å². The van der Waals surface area contributed by atoms with E-state index in [0.717, 1.165) is 76.1 Å². The standard InChI is InChI=1S/C33H26Cl3N/c34-26-13-7-21(8-14-26)19-24-3-1-5-29-31(23-11-17-28(36)18-12-23)30-6-2-4-25(33(30)37-32(24)29)20-22-9-15-27(35)16-10-22/h7-20H,1-6H2/b24-19+,25-20+. The summed E-state index contributed by atoms with van der Waals surface area (Å²) >= 11 is 18.6. The van der Waals surface area contributed by atoms with E-state index in [9.17, 15) is 0 Å². The number of pyridine rings is 1. The van der Waals surface area contributed by atoms with Crippen LogP contribution in [0.15, 0.2) is 72.8 Å². The van der Waals surface area contributed by atoms with Crippen LogP contribution in [0, 0.1) is 0 Å². The minimum atomic E-state index is 0.750. The minimum absolute atomic E-state index is 0.750. The fourth-order valence-electron chi connectivity index (χ4n) is 5.60. The van der Waals surface area contributed by atoms with Crippen LogP contribution in [0.2, 0.25) is 15.1 Å². The predicted molar refractivity (Wildman–Crippen MR) is 159 cm³/mol. The molecule has 3 aromatic carbocycles. The molecule has 2 aliphatic carbocycles. The normalized spacial score (nSPS) is 17.1. The van der Waals surface area contributed by atoms with E-state index in [-0.39, 0.29) is 0 Å². The second-order valence-corrected chi connectivity index (χ2v) is 11.1. The highest BCUT2D eigenvalue weighted by Gasteiger charge is 2.28. The molecule has 0 saturated carbocycles. The van der Waals surface area contributed by atoms with Crippen molar-refractivity contribution in [3.05, 3.63) is 122 Å². The summed E-state index contributed by atoms with van der Waals surface area (Å²) in [6.07, 6.45) is 10.9. The van der Waals surface area contributed by atoms with Crippen molar-refractivity contribution in [2.24, 2.45) is 0 Å². The van der Waals surface area contributed by atoms with Crippen molar-refractivity contribution in [3.8, 4) is 11.1 Å².